The molecule has 4 nitrogen and oxygen atoms in total. The summed E-state index contributed by atoms with van der Waals surface area (Å²) in [4.78, 5) is 12.5. The van der Waals surface area contributed by atoms with Crippen molar-refractivity contribution in [1.82, 2.24) is 0 Å². The maximum Gasteiger partial charge on any atom is 0.281 e. The molecule has 18 heavy (non-hydrogen) atoms. The molecule has 1 heterocycles. The Labute approximate surface area is 107 Å². The van der Waals surface area contributed by atoms with Crippen LogP contribution in [0.5, 0.6) is 0 Å². The summed E-state index contributed by atoms with van der Waals surface area (Å²) in [7, 11) is 1.49. The smallest absolute Gasteiger partial charge is 0.281 e. The molecule has 1 aromatic carbocycles. The molecule has 1 aromatic rings. The molecule has 2 rings (SSSR count). The third-order valence-electron chi connectivity index (χ3n) is 3.42. The second kappa shape index (κ2) is 4.46. The van der Waals surface area contributed by atoms with Crippen LogP contribution in [0.25, 0.3) is 0 Å². The number of methoxy groups -OCH3 is 1. The first kappa shape index (κ1) is 13.2. The van der Waals surface area contributed by atoms with Crippen LogP contribution in [0.4, 0.5) is 0 Å². The molecule has 1 aliphatic rings. The lowest BCUT2D eigenvalue weighted by atomic mass is 9.90. The molecule has 0 bridgehead atoms. The molecule has 1 saturated heterocycles. The van der Waals surface area contributed by atoms with E-state index in [-0.39, 0.29) is 11.9 Å². The van der Waals surface area contributed by atoms with Crippen LogP contribution in [0.3, 0.4) is 0 Å². The molecule has 0 amide bonds. The van der Waals surface area contributed by atoms with Gasteiger partial charge in [0.05, 0.1) is 6.10 Å². The number of carbonyl (C=O) groups excluding carboxylic acids is 1. The van der Waals surface area contributed by atoms with E-state index in [4.69, 9.17) is 14.2 Å². The van der Waals surface area contributed by atoms with Crippen molar-refractivity contribution >= 4 is 5.78 Å². The van der Waals surface area contributed by atoms with Crippen LogP contribution in [0.2, 0.25) is 0 Å². The van der Waals surface area contributed by atoms with Crippen LogP contribution in [0.15, 0.2) is 30.3 Å². The van der Waals surface area contributed by atoms with Gasteiger partial charge in [0.15, 0.2) is 11.4 Å². The average Bonchev–Trinajstić information content (AvgIpc) is 2.62. The molecule has 98 valence electrons. The molecule has 0 N–H and O–H groups in total. The van der Waals surface area contributed by atoms with Crippen LogP contribution < -0.4 is 0 Å². The van der Waals surface area contributed by atoms with Crippen LogP contribution in [0.1, 0.15) is 31.1 Å². The fraction of sp³-hybridized carbons (Fsp3) is 0.500. The predicted molar refractivity (Wildman–Crippen MR) is 66.2 cm³/mol. The third-order valence-corrected chi connectivity index (χ3v) is 3.42. The normalized spacial score (nSPS) is 35.7. The summed E-state index contributed by atoms with van der Waals surface area (Å²) < 4.78 is 16.5. The fourth-order valence-corrected chi connectivity index (χ4v) is 2.12. The first-order valence-electron chi connectivity index (χ1n) is 5.94. The Hall–Kier alpha value is -1.23. The van der Waals surface area contributed by atoms with E-state index in [1.165, 1.54) is 7.11 Å². The van der Waals surface area contributed by atoms with Gasteiger partial charge in [-0.25, -0.2) is 0 Å². The van der Waals surface area contributed by atoms with Crippen LogP contribution >= 0.6 is 0 Å². The Morgan fingerprint density at radius 2 is 1.89 bits per heavy atom. The van der Waals surface area contributed by atoms with Crippen molar-refractivity contribution in [3.05, 3.63) is 35.9 Å². The zero-order valence-corrected chi connectivity index (χ0v) is 11.1. The lowest BCUT2D eigenvalue weighted by Gasteiger charge is -2.26. The number of hydrogen-bond acceptors (Lipinski definition) is 4. The highest BCUT2D eigenvalue weighted by molar-refractivity contribution is 6.02. The Kier molecular flexibility index (Phi) is 3.27. The van der Waals surface area contributed by atoms with E-state index in [0.29, 0.717) is 5.56 Å². The van der Waals surface area contributed by atoms with E-state index < -0.39 is 11.6 Å². The summed E-state index contributed by atoms with van der Waals surface area (Å²) in [5, 5.41) is 0. The summed E-state index contributed by atoms with van der Waals surface area (Å²) in [6, 6.07) is 9.06. The SMILES string of the molecule is COC1(C)OC(C)C(C)(C(=O)c2ccccc2)O1. The van der Waals surface area contributed by atoms with E-state index >= 15 is 0 Å². The van der Waals surface area contributed by atoms with E-state index in [1.807, 2.05) is 25.1 Å². The van der Waals surface area contributed by atoms with Crippen molar-refractivity contribution in [2.24, 2.45) is 0 Å². The molecular formula is C14H18O4. The molecule has 0 saturated carbocycles. The molecule has 1 aliphatic heterocycles. The van der Waals surface area contributed by atoms with Gasteiger partial charge >= 0.3 is 0 Å². The number of ketones is 1. The van der Waals surface area contributed by atoms with Crippen molar-refractivity contribution < 1.29 is 19.0 Å². The number of carbonyl (C=O) groups is 1. The van der Waals surface area contributed by atoms with Crippen molar-refractivity contribution in [3.63, 3.8) is 0 Å². The van der Waals surface area contributed by atoms with E-state index in [0.717, 1.165) is 0 Å². The molecule has 0 spiro atoms. The van der Waals surface area contributed by atoms with Gasteiger partial charge in [-0.2, -0.15) is 0 Å². The van der Waals surface area contributed by atoms with E-state index in [2.05, 4.69) is 0 Å². The van der Waals surface area contributed by atoms with Gasteiger partial charge in [-0.05, 0) is 13.8 Å². The Morgan fingerprint density at radius 3 is 2.39 bits per heavy atom. The molecule has 3 unspecified atom stereocenters. The standard InChI is InChI=1S/C14H18O4/c1-10-13(2,18-14(3,16-4)17-10)12(15)11-8-6-5-7-9-11/h5-10H,1-4H3. The zero-order chi connectivity index (χ0) is 13.4. The Morgan fingerprint density at radius 1 is 1.28 bits per heavy atom. The number of hydrogen-bond donors (Lipinski definition) is 0. The van der Waals surface area contributed by atoms with Crippen molar-refractivity contribution in [2.75, 3.05) is 7.11 Å². The lowest BCUT2D eigenvalue weighted by Crippen LogP contribution is -2.44. The van der Waals surface area contributed by atoms with Gasteiger partial charge in [0.25, 0.3) is 5.97 Å². The van der Waals surface area contributed by atoms with Crippen molar-refractivity contribution in [1.29, 1.82) is 0 Å². The molecule has 0 aromatic heterocycles. The van der Waals surface area contributed by atoms with E-state index in [9.17, 15) is 4.79 Å². The summed E-state index contributed by atoms with van der Waals surface area (Å²) in [5.74, 6) is -1.27. The monoisotopic (exact) mass is 250 g/mol. The Balaban J connectivity index is 2.30. The van der Waals surface area contributed by atoms with Gasteiger partial charge in [0.1, 0.15) is 0 Å². The fourth-order valence-electron chi connectivity index (χ4n) is 2.12. The first-order valence-corrected chi connectivity index (χ1v) is 5.94. The topological polar surface area (TPSA) is 44.8 Å². The molecule has 3 atom stereocenters. The Bertz CT molecular complexity index is 444. The van der Waals surface area contributed by atoms with Gasteiger partial charge in [-0.15, -0.1) is 0 Å². The highest BCUT2D eigenvalue weighted by Crippen LogP contribution is 2.38. The second-order valence-corrected chi connectivity index (χ2v) is 4.73. The molecule has 0 aliphatic carbocycles. The number of benzene rings is 1. The first-order chi connectivity index (χ1) is 8.41. The third kappa shape index (κ3) is 2.07. The van der Waals surface area contributed by atoms with Crippen LogP contribution in [0, 0.1) is 0 Å². The van der Waals surface area contributed by atoms with Crippen LogP contribution in [-0.2, 0) is 14.2 Å². The van der Waals surface area contributed by atoms with Crippen molar-refractivity contribution in [2.45, 2.75) is 38.4 Å². The number of Topliss-reactive ketones (excluding diaryl/α,β-unsaturated/α-hetero) is 1. The predicted octanol–water partition coefficient (Wildman–Crippen LogP) is 2.38. The quantitative estimate of drug-likeness (QED) is 0.773. The van der Waals surface area contributed by atoms with E-state index in [1.54, 1.807) is 26.0 Å². The van der Waals surface area contributed by atoms with Gasteiger partial charge in [0.2, 0.25) is 0 Å². The highest BCUT2D eigenvalue weighted by atomic mass is 16.9. The zero-order valence-electron chi connectivity index (χ0n) is 11.1. The molecule has 0 radical (unpaired) electrons. The number of rotatable bonds is 3. The van der Waals surface area contributed by atoms with Crippen molar-refractivity contribution in [3.8, 4) is 0 Å². The summed E-state index contributed by atoms with van der Waals surface area (Å²) >= 11 is 0. The summed E-state index contributed by atoms with van der Waals surface area (Å²) in [6.07, 6.45) is -0.379. The summed E-state index contributed by atoms with van der Waals surface area (Å²) in [6.45, 7) is 5.20. The minimum absolute atomic E-state index is 0.101. The molecule has 4 heteroatoms. The summed E-state index contributed by atoms with van der Waals surface area (Å²) in [5.41, 5.74) is -0.428. The maximum atomic E-state index is 12.5. The second-order valence-electron chi connectivity index (χ2n) is 4.73. The van der Waals surface area contributed by atoms with Gasteiger partial charge < -0.3 is 14.2 Å². The average molecular weight is 250 g/mol. The minimum Gasteiger partial charge on any atom is -0.331 e. The van der Waals surface area contributed by atoms with Gasteiger partial charge in [-0.1, -0.05) is 30.3 Å². The minimum atomic E-state index is -1.17. The maximum absolute atomic E-state index is 12.5. The highest BCUT2D eigenvalue weighted by Gasteiger charge is 2.55. The number of ether oxygens (including phenoxy) is 3. The largest absolute Gasteiger partial charge is 0.331 e. The van der Waals surface area contributed by atoms with Gasteiger partial charge in [0, 0.05) is 19.6 Å². The lowest BCUT2D eigenvalue weighted by molar-refractivity contribution is -0.321. The molecule has 1 fully saturated rings. The molecular weight excluding hydrogens is 232 g/mol. The van der Waals surface area contributed by atoms with Crippen LogP contribution in [-0.4, -0.2) is 30.6 Å². The van der Waals surface area contributed by atoms with Gasteiger partial charge in [-0.3, -0.25) is 4.79 Å².